The van der Waals surface area contributed by atoms with Crippen molar-refractivity contribution in [2.24, 2.45) is 0 Å². The Morgan fingerprint density at radius 2 is 1.88 bits per heavy atom. The molecule has 0 unspecified atom stereocenters. The first kappa shape index (κ1) is 14.2. The van der Waals surface area contributed by atoms with Crippen molar-refractivity contribution in [3.05, 3.63) is 18.3 Å². The van der Waals surface area contributed by atoms with Gasteiger partial charge in [-0.1, -0.05) is 0 Å². The fourth-order valence-electron chi connectivity index (χ4n) is 0.985. The number of hydrogen-bond donors (Lipinski definition) is 0. The summed E-state index contributed by atoms with van der Waals surface area (Å²) >= 11 is 0. The van der Waals surface area contributed by atoms with Crippen LogP contribution in [0.5, 0.6) is 5.75 Å². The molecule has 17 heavy (non-hydrogen) atoms. The van der Waals surface area contributed by atoms with Crippen LogP contribution in [0.2, 0.25) is 0 Å². The first-order chi connectivity index (χ1) is 7.74. The normalized spacial score (nSPS) is 12.4. The van der Waals surface area contributed by atoms with E-state index < -0.39 is 30.4 Å². The smallest absolute Gasteiger partial charge is 0.233 e. The molecule has 9 heteroatoms. The first-order valence-electron chi connectivity index (χ1n) is 4.40. The summed E-state index contributed by atoms with van der Waals surface area (Å²) < 4.78 is 49.5. The van der Waals surface area contributed by atoms with E-state index in [1.165, 1.54) is 25.4 Å². The van der Waals surface area contributed by atoms with Crippen molar-refractivity contribution in [2.45, 2.75) is 5.03 Å². The fraction of sp³-hybridized carbons (Fsp3) is 0.375. The number of rotatable bonds is 5. The van der Waals surface area contributed by atoms with Gasteiger partial charge < -0.3 is 4.74 Å². The summed E-state index contributed by atoms with van der Waals surface area (Å²) in [6.07, 6.45) is 1.24. The molecule has 6 nitrogen and oxygen atoms in total. The van der Waals surface area contributed by atoms with Crippen molar-refractivity contribution in [2.75, 3.05) is 18.6 Å². The molecule has 0 amide bonds. The second kappa shape index (κ2) is 5.19. The molecule has 0 aromatic carbocycles. The van der Waals surface area contributed by atoms with E-state index in [0.29, 0.717) is 5.75 Å². The van der Waals surface area contributed by atoms with Gasteiger partial charge in [0.2, 0.25) is 9.05 Å². The van der Waals surface area contributed by atoms with E-state index >= 15 is 0 Å². The summed E-state index contributed by atoms with van der Waals surface area (Å²) in [7, 11) is -1.22. The Balaban J connectivity index is 2.90. The van der Waals surface area contributed by atoms with Crippen LogP contribution in [-0.2, 0) is 18.9 Å². The molecule has 1 rings (SSSR count). The zero-order chi connectivity index (χ0) is 13.1. The van der Waals surface area contributed by atoms with Crippen molar-refractivity contribution < 1.29 is 21.6 Å². The van der Waals surface area contributed by atoms with E-state index in [0.717, 1.165) is 0 Å². The van der Waals surface area contributed by atoms with Crippen LogP contribution < -0.4 is 4.74 Å². The van der Waals surface area contributed by atoms with Crippen LogP contribution in [0.15, 0.2) is 23.4 Å². The number of sulfone groups is 1. The van der Waals surface area contributed by atoms with Gasteiger partial charge in [-0.2, -0.15) is 0 Å². The summed E-state index contributed by atoms with van der Waals surface area (Å²) in [4.78, 5) is 3.67. The lowest BCUT2D eigenvalue weighted by Gasteiger charge is -2.03. The van der Waals surface area contributed by atoms with Gasteiger partial charge in [-0.05, 0) is 12.1 Å². The molecule has 0 saturated carbocycles. The summed E-state index contributed by atoms with van der Waals surface area (Å²) in [6, 6.07) is 2.67. The van der Waals surface area contributed by atoms with E-state index in [-0.39, 0.29) is 5.03 Å². The zero-order valence-electron chi connectivity index (χ0n) is 8.83. The van der Waals surface area contributed by atoms with Crippen LogP contribution in [0.3, 0.4) is 0 Å². The van der Waals surface area contributed by atoms with Gasteiger partial charge in [-0.3, -0.25) is 0 Å². The molecule has 0 aliphatic rings. The van der Waals surface area contributed by atoms with Crippen LogP contribution in [0.25, 0.3) is 0 Å². The summed E-state index contributed by atoms with van der Waals surface area (Å²) in [5.41, 5.74) is 0. The third-order valence-corrected chi connectivity index (χ3v) is 4.89. The minimum atomic E-state index is -3.84. The van der Waals surface area contributed by atoms with Crippen molar-refractivity contribution in [1.29, 1.82) is 0 Å². The van der Waals surface area contributed by atoms with E-state index in [1.807, 2.05) is 0 Å². The first-order valence-corrected chi connectivity index (χ1v) is 8.53. The van der Waals surface area contributed by atoms with Crippen LogP contribution in [0, 0.1) is 0 Å². The average Bonchev–Trinajstić information content (AvgIpc) is 2.26. The Kier molecular flexibility index (Phi) is 4.34. The van der Waals surface area contributed by atoms with Crippen molar-refractivity contribution in [1.82, 2.24) is 4.98 Å². The number of aromatic nitrogens is 1. The maximum Gasteiger partial charge on any atom is 0.233 e. The predicted octanol–water partition coefficient (Wildman–Crippen LogP) is 0.432. The van der Waals surface area contributed by atoms with E-state index in [9.17, 15) is 16.8 Å². The topological polar surface area (TPSA) is 90.4 Å². The van der Waals surface area contributed by atoms with E-state index in [4.69, 9.17) is 15.4 Å². The highest BCUT2D eigenvalue weighted by atomic mass is 35.7. The Labute approximate surface area is 104 Å². The molecule has 0 atom stereocenters. The van der Waals surface area contributed by atoms with Gasteiger partial charge in [0, 0.05) is 10.7 Å². The lowest BCUT2D eigenvalue weighted by Crippen LogP contribution is -2.15. The van der Waals surface area contributed by atoms with Gasteiger partial charge in [0.25, 0.3) is 0 Å². The minimum absolute atomic E-state index is 0.210. The second-order valence-electron chi connectivity index (χ2n) is 3.10. The van der Waals surface area contributed by atoms with Crippen molar-refractivity contribution in [3.8, 4) is 5.75 Å². The van der Waals surface area contributed by atoms with Gasteiger partial charge in [0.15, 0.2) is 14.9 Å². The molecule has 0 radical (unpaired) electrons. The van der Waals surface area contributed by atoms with Crippen LogP contribution in [0.4, 0.5) is 0 Å². The molecule has 0 spiro atoms. The molecule has 0 fully saturated rings. The molecule has 0 N–H and O–H groups in total. The molecule has 0 bridgehead atoms. The highest BCUT2D eigenvalue weighted by Gasteiger charge is 2.19. The number of ether oxygens (including phenoxy) is 1. The molecular formula is C8H10ClNO5S2. The summed E-state index contributed by atoms with van der Waals surface area (Å²) in [5.74, 6) is -0.836. The third kappa shape index (κ3) is 4.49. The Bertz CT molecular complexity index is 579. The molecular weight excluding hydrogens is 290 g/mol. The lowest BCUT2D eigenvalue weighted by molar-refractivity contribution is 0.412. The van der Waals surface area contributed by atoms with E-state index in [1.54, 1.807) is 0 Å². The average molecular weight is 300 g/mol. The van der Waals surface area contributed by atoms with Gasteiger partial charge in [0.05, 0.1) is 24.8 Å². The Morgan fingerprint density at radius 3 is 2.29 bits per heavy atom. The maximum absolute atomic E-state index is 11.7. The third-order valence-electron chi connectivity index (χ3n) is 1.86. The number of halogens is 1. The molecule has 0 aliphatic heterocycles. The zero-order valence-corrected chi connectivity index (χ0v) is 11.2. The molecule has 1 aromatic heterocycles. The van der Waals surface area contributed by atoms with Gasteiger partial charge >= 0.3 is 0 Å². The predicted molar refractivity (Wildman–Crippen MR) is 62.5 cm³/mol. The van der Waals surface area contributed by atoms with Crippen molar-refractivity contribution in [3.63, 3.8) is 0 Å². The highest BCUT2D eigenvalue weighted by molar-refractivity contribution is 8.14. The van der Waals surface area contributed by atoms with Gasteiger partial charge in [0.1, 0.15) is 5.75 Å². The molecule has 96 valence electrons. The molecule has 1 aromatic rings. The van der Waals surface area contributed by atoms with Crippen LogP contribution >= 0.6 is 10.7 Å². The Hall–Kier alpha value is -0.860. The summed E-state index contributed by atoms with van der Waals surface area (Å²) in [6.45, 7) is 0. The van der Waals surface area contributed by atoms with Crippen molar-refractivity contribution >= 4 is 29.6 Å². The number of pyridine rings is 1. The lowest BCUT2D eigenvalue weighted by atomic mass is 10.5. The highest BCUT2D eigenvalue weighted by Crippen LogP contribution is 2.14. The number of methoxy groups -OCH3 is 1. The number of hydrogen-bond acceptors (Lipinski definition) is 6. The second-order valence-corrected chi connectivity index (χ2v) is 8.05. The largest absolute Gasteiger partial charge is 0.495 e. The monoisotopic (exact) mass is 299 g/mol. The molecule has 0 saturated heterocycles. The van der Waals surface area contributed by atoms with Gasteiger partial charge in [-0.15, -0.1) is 0 Å². The fourth-order valence-corrected chi connectivity index (χ4v) is 3.92. The molecule has 1 heterocycles. The quantitative estimate of drug-likeness (QED) is 0.732. The maximum atomic E-state index is 11.7. The van der Waals surface area contributed by atoms with Gasteiger partial charge in [-0.25, -0.2) is 21.8 Å². The Morgan fingerprint density at radius 1 is 1.24 bits per heavy atom. The number of nitrogens with zero attached hydrogens (tertiary/aromatic N) is 1. The standard InChI is InChI=1S/C8H10ClNO5S2/c1-15-7-2-3-8(10-6-7)16(11,12)4-5-17(9,13)14/h2-3,6H,4-5H2,1H3. The molecule has 0 aliphatic carbocycles. The summed E-state index contributed by atoms with van der Waals surface area (Å²) in [5, 5.41) is -0.210. The van der Waals surface area contributed by atoms with Crippen LogP contribution in [0.1, 0.15) is 0 Å². The minimum Gasteiger partial charge on any atom is -0.495 e. The SMILES string of the molecule is COc1ccc(S(=O)(=O)CCS(=O)(=O)Cl)nc1. The van der Waals surface area contributed by atoms with E-state index in [2.05, 4.69) is 4.98 Å². The van der Waals surface area contributed by atoms with Crippen LogP contribution in [-0.4, -0.2) is 40.4 Å².